The number of hydrogen-bond acceptors (Lipinski definition) is 5. The molecule has 0 radical (unpaired) electrons. The van der Waals surface area contributed by atoms with Crippen molar-refractivity contribution in [2.45, 2.75) is 0 Å². The van der Waals surface area contributed by atoms with Crippen molar-refractivity contribution in [3.8, 4) is 0 Å². The Balaban J connectivity index is 0.000000263. The van der Waals surface area contributed by atoms with E-state index in [2.05, 4.69) is 42.5 Å². The average molecular weight is 496 g/mol. The third kappa shape index (κ3) is 7.52. The first-order valence-corrected chi connectivity index (χ1v) is 9.06. The Hall–Kier alpha value is -1.94. The lowest BCUT2D eigenvalue weighted by Gasteiger charge is -2.05. The number of nitrogens with two attached hydrogens (primary N) is 1. The first-order valence-electron chi connectivity index (χ1n) is 7.47. The fourth-order valence-corrected chi connectivity index (χ4v) is 2.69. The minimum Gasteiger partial charge on any atom is -0.398 e. The number of nitro benzene ring substituents is 1. The highest BCUT2D eigenvalue weighted by Gasteiger charge is 2.11. The van der Waals surface area contributed by atoms with Gasteiger partial charge < -0.3 is 16.4 Å². The lowest BCUT2D eigenvalue weighted by molar-refractivity contribution is -0.385. The summed E-state index contributed by atoms with van der Waals surface area (Å²) in [4.78, 5) is 9.96. The number of nitrogen functional groups attached to an aromatic ring is 1. The number of hydrogen-bond donors (Lipinski definition) is 3. The maximum Gasteiger partial charge on any atom is 0.283 e. The van der Waals surface area contributed by atoms with Gasteiger partial charge in [-0.05, 0) is 62.2 Å². The van der Waals surface area contributed by atoms with Crippen molar-refractivity contribution in [3.05, 3.63) is 55.5 Å². The molecule has 0 atom stereocenters. The van der Waals surface area contributed by atoms with Gasteiger partial charge in [0.25, 0.3) is 5.69 Å². The van der Waals surface area contributed by atoms with Gasteiger partial charge in [-0.3, -0.25) is 10.1 Å². The second-order valence-corrected chi connectivity index (χ2v) is 6.60. The molecule has 6 nitrogen and oxygen atoms in total. The number of benzene rings is 2. The van der Waals surface area contributed by atoms with Crippen LogP contribution in [0.25, 0.3) is 0 Å². The summed E-state index contributed by atoms with van der Waals surface area (Å²) in [5.74, 6) is 0. The molecular formula is C16H18Br2F2N4O2. The summed E-state index contributed by atoms with van der Waals surface area (Å²) >= 11 is 6.34. The van der Waals surface area contributed by atoms with E-state index < -0.39 is 11.6 Å². The lowest BCUT2D eigenvalue weighted by atomic mass is 10.3. The molecule has 0 aliphatic heterocycles. The minimum absolute atomic E-state index is 0.00389. The number of anilines is 3. The van der Waals surface area contributed by atoms with Gasteiger partial charge in [-0.2, -0.15) is 0 Å². The molecule has 2 rings (SSSR count). The van der Waals surface area contributed by atoms with Crippen molar-refractivity contribution in [2.75, 3.05) is 42.8 Å². The summed E-state index contributed by atoms with van der Waals surface area (Å²) < 4.78 is 24.8. The normalized spacial score (nSPS) is 9.85. The van der Waals surface area contributed by atoms with E-state index in [0.29, 0.717) is 22.4 Å². The number of nitrogens with zero attached hydrogens (tertiary/aromatic N) is 1. The Morgan fingerprint density at radius 3 is 1.88 bits per heavy atom. The number of rotatable bonds is 7. The van der Waals surface area contributed by atoms with Crippen LogP contribution >= 0.6 is 31.9 Å². The second kappa shape index (κ2) is 11.6. The van der Waals surface area contributed by atoms with E-state index in [1.807, 2.05) is 12.1 Å². The monoisotopic (exact) mass is 494 g/mol. The summed E-state index contributed by atoms with van der Waals surface area (Å²) in [6.45, 7) is -0.322. The molecule has 26 heavy (non-hydrogen) atoms. The first kappa shape index (κ1) is 22.1. The van der Waals surface area contributed by atoms with Crippen LogP contribution in [0.15, 0.2) is 45.3 Å². The van der Waals surface area contributed by atoms with E-state index in [1.54, 1.807) is 18.2 Å². The van der Waals surface area contributed by atoms with Crippen LogP contribution in [0, 0.1) is 10.1 Å². The van der Waals surface area contributed by atoms with E-state index >= 15 is 0 Å². The van der Waals surface area contributed by atoms with Gasteiger partial charge in [0, 0.05) is 40.7 Å². The molecule has 2 aromatic carbocycles. The molecule has 0 aliphatic rings. The smallest absolute Gasteiger partial charge is 0.283 e. The van der Waals surface area contributed by atoms with Crippen LogP contribution in [-0.2, 0) is 0 Å². The van der Waals surface area contributed by atoms with Crippen molar-refractivity contribution in [2.24, 2.45) is 0 Å². The van der Waals surface area contributed by atoms with Crippen molar-refractivity contribution in [3.63, 3.8) is 0 Å². The lowest BCUT2D eigenvalue weighted by Crippen LogP contribution is -2.02. The summed E-state index contributed by atoms with van der Waals surface area (Å²) in [6, 6.07) is 9.86. The third-order valence-electron chi connectivity index (χ3n) is 2.99. The van der Waals surface area contributed by atoms with Crippen molar-refractivity contribution < 1.29 is 13.7 Å². The zero-order valence-electron chi connectivity index (χ0n) is 13.6. The molecule has 0 amide bonds. The molecule has 0 aliphatic carbocycles. The fourth-order valence-electron chi connectivity index (χ4n) is 1.79. The average Bonchev–Trinajstić information content (AvgIpc) is 2.61. The van der Waals surface area contributed by atoms with Crippen LogP contribution in [-0.4, -0.2) is 31.4 Å². The zero-order chi connectivity index (χ0) is 19.5. The van der Waals surface area contributed by atoms with Gasteiger partial charge in [0.05, 0.1) is 9.40 Å². The highest BCUT2D eigenvalue weighted by molar-refractivity contribution is 9.11. The Labute approximate surface area is 166 Å². The van der Waals surface area contributed by atoms with Crippen molar-refractivity contribution in [1.82, 2.24) is 0 Å². The van der Waals surface area contributed by atoms with Gasteiger partial charge in [0.15, 0.2) is 0 Å². The number of alkyl halides is 2. The standard InChI is InChI=1S/C8H8BrFN2O2.C8H10BrFN2/c9-7-5-6(11-4-3-10)1-2-8(7)12(13)14;9-7-5-6(12-4-3-10)1-2-8(7)11/h1-2,5,11H,3-4H2;1-2,5,12H,3-4,11H2. The number of nitro groups is 1. The van der Waals surface area contributed by atoms with Gasteiger partial charge in [-0.25, -0.2) is 8.78 Å². The molecule has 0 aromatic heterocycles. The fraction of sp³-hybridized carbons (Fsp3) is 0.250. The minimum atomic E-state index is -0.483. The summed E-state index contributed by atoms with van der Waals surface area (Å²) in [6.07, 6.45) is 0. The molecule has 4 N–H and O–H groups in total. The van der Waals surface area contributed by atoms with Crippen LogP contribution in [0.5, 0.6) is 0 Å². The highest BCUT2D eigenvalue weighted by atomic mass is 79.9. The van der Waals surface area contributed by atoms with E-state index in [0.717, 1.165) is 10.2 Å². The summed E-state index contributed by atoms with van der Waals surface area (Å²) in [7, 11) is 0. The van der Waals surface area contributed by atoms with Crippen LogP contribution in [0.3, 0.4) is 0 Å². The topological polar surface area (TPSA) is 93.2 Å². The predicted molar refractivity (Wildman–Crippen MR) is 108 cm³/mol. The maximum atomic E-state index is 11.8. The Bertz CT molecular complexity index is 735. The van der Waals surface area contributed by atoms with E-state index in [9.17, 15) is 18.9 Å². The molecule has 0 saturated carbocycles. The van der Waals surface area contributed by atoms with Gasteiger partial charge in [0.1, 0.15) is 13.3 Å². The maximum absolute atomic E-state index is 11.8. The van der Waals surface area contributed by atoms with E-state index in [4.69, 9.17) is 5.73 Å². The molecule has 0 saturated heterocycles. The van der Waals surface area contributed by atoms with E-state index in [-0.39, 0.29) is 18.9 Å². The molecular weight excluding hydrogens is 478 g/mol. The zero-order valence-corrected chi connectivity index (χ0v) is 16.8. The highest BCUT2D eigenvalue weighted by Crippen LogP contribution is 2.27. The Kier molecular flexibility index (Phi) is 9.89. The molecule has 10 heteroatoms. The third-order valence-corrected chi connectivity index (χ3v) is 4.31. The summed E-state index contributed by atoms with van der Waals surface area (Å²) in [5.41, 5.74) is 7.77. The Morgan fingerprint density at radius 1 is 0.962 bits per heavy atom. The predicted octanol–water partition coefficient (Wildman–Crippen LogP) is 5.15. The first-order chi connectivity index (χ1) is 12.4. The Morgan fingerprint density at radius 2 is 1.46 bits per heavy atom. The molecule has 0 bridgehead atoms. The van der Waals surface area contributed by atoms with Crippen LogP contribution in [0.2, 0.25) is 0 Å². The number of nitrogens with one attached hydrogen (secondary N) is 2. The SMILES string of the molecule is Nc1ccc(NCCF)cc1Br.O=[N+]([O-])c1ccc(NCCF)cc1Br. The second-order valence-electron chi connectivity index (χ2n) is 4.89. The summed E-state index contributed by atoms with van der Waals surface area (Å²) in [5, 5.41) is 16.1. The van der Waals surface area contributed by atoms with Gasteiger partial charge in [0.2, 0.25) is 0 Å². The van der Waals surface area contributed by atoms with Gasteiger partial charge in [-0.15, -0.1) is 0 Å². The molecule has 0 fully saturated rings. The van der Waals surface area contributed by atoms with Gasteiger partial charge in [-0.1, -0.05) is 0 Å². The van der Waals surface area contributed by atoms with Crippen molar-refractivity contribution >= 4 is 54.6 Å². The molecule has 142 valence electrons. The van der Waals surface area contributed by atoms with Crippen LogP contribution in [0.1, 0.15) is 0 Å². The van der Waals surface area contributed by atoms with Crippen molar-refractivity contribution in [1.29, 1.82) is 0 Å². The molecule has 0 unspecified atom stereocenters. The number of halogens is 4. The molecule has 0 spiro atoms. The van der Waals surface area contributed by atoms with Crippen LogP contribution in [0.4, 0.5) is 31.5 Å². The molecule has 0 heterocycles. The largest absolute Gasteiger partial charge is 0.398 e. The van der Waals surface area contributed by atoms with E-state index in [1.165, 1.54) is 6.07 Å². The quantitative estimate of drug-likeness (QED) is 0.280. The molecule has 2 aromatic rings. The van der Waals surface area contributed by atoms with Gasteiger partial charge >= 0.3 is 0 Å². The van der Waals surface area contributed by atoms with Crippen LogP contribution < -0.4 is 16.4 Å².